The molecule has 2 rings (SSSR count). The van der Waals surface area contributed by atoms with Crippen molar-refractivity contribution in [1.82, 2.24) is 4.90 Å². The second-order valence-corrected chi connectivity index (χ2v) is 4.24. The molecule has 1 aliphatic rings. The van der Waals surface area contributed by atoms with Crippen LogP contribution in [-0.4, -0.2) is 37.1 Å². The third-order valence-electron chi connectivity index (χ3n) is 2.40. The Kier molecular flexibility index (Phi) is 3.38. The van der Waals surface area contributed by atoms with Crippen LogP contribution in [0.25, 0.3) is 0 Å². The van der Waals surface area contributed by atoms with Crippen molar-refractivity contribution >= 4 is 21.8 Å². The minimum atomic E-state index is 0.0748. The zero-order valence-corrected chi connectivity index (χ0v) is 9.87. The van der Waals surface area contributed by atoms with Crippen molar-refractivity contribution in [3.63, 3.8) is 0 Å². The maximum atomic E-state index is 12.1. The Balaban J connectivity index is 2.16. The van der Waals surface area contributed by atoms with Crippen molar-refractivity contribution < 1.29 is 9.53 Å². The van der Waals surface area contributed by atoms with E-state index in [0.717, 1.165) is 10.0 Å². The van der Waals surface area contributed by atoms with E-state index in [4.69, 9.17) is 4.74 Å². The molecule has 1 amide bonds. The Bertz CT molecular complexity index is 361. The average Bonchev–Trinajstić information content (AvgIpc) is 2.30. The second-order valence-electron chi connectivity index (χ2n) is 3.38. The van der Waals surface area contributed by atoms with E-state index < -0.39 is 0 Å². The van der Waals surface area contributed by atoms with E-state index in [1.165, 1.54) is 0 Å². The van der Waals surface area contributed by atoms with Crippen molar-refractivity contribution in [3.05, 3.63) is 34.3 Å². The largest absolute Gasteiger partial charge is 0.378 e. The van der Waals surface area contributed by atoms with Gasteiger partial charge in [0.25, 0.3) is 5.91 Å². The molecule has 0 bridgehead atoms. The maximum absolute atomic E-state index is 12.1. The molecule has 1 heterocycles. The molecule has 4 heteroatoms. The first-order valence-corrected chi connectivity index (χ1v) is 5.70. The van der Waals surface area contributed by atoms with Crippen molar-refractivity contribution in [1.29, 1.82) is 0 Å². The fraction of sp³-hybridized carbons (Fsp3) is 0.364. The number of hydrogen-bond acceptors (Lipinski definition) is 2. The first kappa shape index (κ1) is 10.6. The smallest absolute Gasteiger partial charge is 0.255 e. The number of hydrogen-bond donors (Lipinski definition) is 0. The highest BCUT2D eigenvalue weighted by Crippen LogP contribution is 2.18. The molecule has 0 N–H and O–H groups in total. The molecule has 1 fully saturated rings. The number of amides is 1. The molecule has 0 saturated carbocycles. The van der Waals surface area contributed by atoms with Crippen LogP contribution in [0.5, 0.6) is 0 Å². The first-order valence-electron chi connectivity index (χ1n) is 4.90. The van der Waals surface area contributed by atoms with E-state index in [1.54, 1.807) is 0 Å². The van der Waals surface area contributed by atoms with E-state index in [9.17, 15) is 4.79 Å². The van der Waals surface area contributed by atoms with Gasteiger partial charge in [0.2, 0.25) is 0 Å². The molecule has 0 radical (unpaired) electrons. The van der Waals surface area contributed by atoms with E-state index in [1.807, 2.05) is 29.2 Å². The van der Waals surface area contributed by atoms with Crippen LogP contribution in [-0.2, 0) is 4.74 Å². The summed E-state index contributed by atoms with van der Waals surface area (Å²) in [6, 6.07) is 7.49. The first-order chi connectivity index (χ1) is 7.29. The molecule has 0 unspecified atom stereocenters. The fourth-order valence-corrected chi connectivity index (χ4v) is 2.03. The molecule has 1 aliphatic heterocycles. The molecule has 0 atom stereocenters. The molecule has 80 valence electrons. The predicted octanol–water partition coefficient (Wildman–Crippen LogP) is 1.92. The zero-order valence-electron chi connectivity index (χ0n) is 8.28. The summed E-state index contributed by atoms with van der Waals surface area (Å²) in [5, 5.41) is 0. The summed E-state index contributed by atoms with van der Waals surface area (Å²) in [5.74, 6) is 0.0748. The summed E-state index contributed by atoms with van der Waals surface area (Å²) in [6.45, 7) is 2.63. The van der Waals surface area contributed by atoms with Gasteiger partial charge in [-0.1, -0.05) is 12.1 Å². The van der Waals surface area contributed by atoms with Gasteiger partial charge >= 0.3 is 0 Å². The molecule has 0 spiro atoms. The van der Waals surface area contributed by atoms with E-state index >= 15 is 0 Å². The Morgan fingerprint density at radius 1 is 1.27 bits per heavy atom. The number of carbonyl (C=O) groups excluding carboxylic acids is 1. The number of halogens is 1. The van der Waals surface area contributed by atoms with E-state index in [2.05, 4.69) is 15.9 Å². The van der Waals surface area contributed by atoms with Crippen LogP contribution in [0, 0.1) is 0 Å². The number of benzene rings is 1. The van der Waals surface area contributed by atoms with Crippen LogP contribution >= 0.6 is 15.9 Å². The lowest BCUT2D eigenvalue weighted by Gasteiger charge is -2.27. The number of rotatable bonds is 1. The van der Waals surface area contributed by atoms with Gasteiger partial charge in [-0.2, -0.15) is 0 Å². The number of nitrogens with zero attached hydrogens (tertiary/aromatic N) is 1. The van der Waals surface area contributed by atoms with Gasteiger partial charge in [-0.25, -0.2) is 0 Å². The minimum Gasteiger partial charge on any atom is -0.378 e. The fourth-order valence-electron chi connectivity index (χ4n) is 1.57. The molecule has 15 heavy (non-hydrogen) atoms. The molecule has 3 nitrogen and oxygen atoms in total. The Labute approximate surface area is 97.2 Å². The van der Waals surface area contributed by atoms with Gasteiger partial charge in [-0.3, -0.25) is 4.79 Å². The lowest BCUT2D eigenvalue weighted by atomic mass is 10.2. The lowest BCUT2D eigenvalue weighted by Crippen LogP contribution is -2.40. The molecule has 1 aromatic rings. The topological polar surface area (TPSA) is 29.5 Å². The quantitative estimate of drug-likeness (QED) is 0.780. The predicted molar refractivity (Wildman–Crippen MR) is 60.9 cm³/mol. The van der Waals surface area contributed by atoms with Crippen molar-refractivity contribution in [2.24, 2.45) is 0 Å². The Morgan fingerprint density at radius 3 is 2.60 bits per heavy atom. The second kappa shape index (κ2) is 4.77. The summed E-state index contributed by atoms with van der Waals surface area (Å²) in [5.41, 5.74) is 0.722. The highest BCUT2D eigenvalue weighted by molar-refractivity contribution is 9.10. The van der Waals surface area contributed by atoms with Crippen LogP contribution < -0.4 is 0 Å². The van der Waals surface area contributed by atoms with Crippen LogP contribution in [0.4, 0.5) is 0 Å². The SMILES string of the molecule is O=C(c1ccccc1Br)N1CCOCC1. The molecule has 0 aromatic heterocycles. The van der Waals surface area contributed by atoms with Gasteiger partial charge in [-0.15, -0.1) is 0 Å². The monoisotopic (exact) mass is 269 g/mol. The Hall–Kier alpha value is -0.870. The van der Waals surface area contributed by atoms with Gasteiger partial charge in [0.15, 0.2) is 0 Å². The van der Waals surface area contributed by atoms with Gasteiger partial charge in [-0.05, 0) is 28.1 Å². The molecule has 1 aromatic carbocycles. The normalized spacial score (nSPS) is 16.5. The summed E-state index contributed by atoms with van der Waals surface area (Å²) in [7, 11) is 0. The van der Waals surface area contributed by atoms with Gasteiger partial charge in [0, 0.05) is 17.6 Å². The lowest BCUT2D eigenvalue weighted by molar-refractivity contribution is 0.0302. The van der Waals surface area contributed by atoms with Crippen molar-refractivity contribution in [3.8, 4) is 0 Å². The third kappa shape index (κ3) is 2.38. The molecular formula is C11H12BrNO2. The maximum Gasteiger partial charge on any atom is 0.255 e. The summed E-state index contributed by atoms with van der Waals surface area (Å²) < 4.78 is 6.06. The average molecular weight is 270 g/mol. The van der Waals surface area contributed by atoms with Crippen LogP contribution in [0.15, 0.2) is 28.7 Å². The third-order valence-corrected chi connectivity index (χ3v) is 3.09. The van der Waals surface area contributed by atoms with Crippen LogP contribution in [0.1, 0.15) is 10.4 Å². The van der Waals surface area contributed by atoms with Crippen molar-refractivity contribution in [2.45, 2.75) is 0 Å². The zero-order chi connectivity index (χ0) is 10.7. The highest BCUT2D eigenvalue weighted by Gasteiger charge is 2.19. The Morgan fingerprint density at radius 2 is 1.93 bits per heavy atom. The minimum absolute atomic E-state index is 0.0748. The number of ether oxygens (including phenoxy) is 1. The summed E-state index contributed by atoms with van der Waals surface area (Å²) >= 11 is 3.38. The molecule has 0 aliphatic carbocycles. The number of morpholine rings is 1. The van der Waals surface area contributed by atoms with Crippen LogP contribution in [0.3, 0.4) is 0 Å². The number of carbonyl (C=O) groups is 1. The standard InChI is InChI=1S/C11H12BrNO2/c12-10-4-2-1-3-9(10)11(14)13-5-7-15-8-6-13/h1-4H,5-8H2. The summed E-state index contributed by atoms with van der Waals surface area (Å²) in [4.78, 5) is 13.9. The van der Waals surface area contributed by atoms with Gasteiger partial charge in [0.1, 0.15) is 0 Å². The summed E-state index contributed by atoms with van der Waals surface area (Å²) in [6.07, 6.45) is 0. The van der Waals surface area contributed by atoms with E-state index in [-0.39, 0.29) is 5.91 Å². The van der Waals surface area contributed by atoms with Crippen molar-refractivity contribution in [2.75, 3.05) is 26.3 Å². The van der Waals surface area contributed by atoms with Gasteiger partial charge < -0.3 is 9.64 Å². The van der Waals surface area contributed by atoms with E-state index in [0.29, 0.717) is 26.3 Å². The molecular weight excluding hydrogens is 258 g/mol. The highest BCUT2D eigenvalue weighted by atomic mass is 79.9. The van der Waals surface area contributed by atoms with Gasteiger partial charge in [0.05, 0.1) is 18.8 Å². The molecule has 1 saturated heterocycles. The van der Waals surface area contributed by atoms with Crippen LogP contribution in [0.2, 0.25) is 0 Å².